The first-order chi connectivity index (χ1) is 9.75. The molecule has 2 atom stereocenters. The Morgan fingerprint density at radius 3 is 2.76 bits per heavy atom. The maximum atomic E-state index is 14.5. The summed E-state index contributed by atoms with van der Waals surface area (Å²) in [5.41, 5.74) is 0.952. The molecule has 1 N–H and O–H groups in total. The first-order valence-corrected chi connectivity index (χ1v) is 8.38. The first-order valence-electron chi connectivity index (χ1n) is 6.55. The number of halogens is 4. The third kappa shape index (κ3) is 3.56. The second-order valence-electron chi connectivity index (χ2n) is 4.99. The Morgan fingerprint density at radius 2 is 2.29 bits per heavy atom. The van der Waals surface area contributed by atoms with Crippen molar-refractivity contribution in [3.8, 4) is 5.75 Å². The minimum absolute atomic E-state index is 0.00802. The van der Waals surface area contributed by atoms with Gasteiger partial charge in [-0.05, 0) is 19.9 Å². The molecule has 3 nitrogen and oxygen atoms in total. The molecule has 1 saturated heterocycles. The van der Waals surface area contributed by atoms with Gasteiger partial charge >= 0.3 is 0 Å². The first kappa shape index (κ1) is 17.1. The average molecular weight is 446 g/mol. The number of benzene rings is 1. The van der Waals surface area contributed by atoms with Gasteiger partial charge in [0.1, 0.15) is 14.4 Å². The normalized spacial score (nSPS) is 21.0. The molecule has 7 heteroatoms. The quantitative estimate of drug-likeness (QED) is 0.553. The summed E-state index contributed by atoms with van der Waals surface area (Å²) in [6, 6.07) is 1.50. The molecule has 2 rings (SSSR count). The van der Waals surface area contributed by atoms with Gasteiger partial charge in [0.2, 0.25) is 5.91 Å². The van der Waals surface area contributed by atoms with Crippen LogP contribution >= 0.6 is 45.8 Å². The fraction of sp³-hybridized carbons (Fsp3) is 0.500. The Bertz CT molecular complexity index is 575. The molecule has 21 heavy (non-hydrogen) atoms. The van der Waals surface area contributed by atoms with Crippen molar-refractivity contribution in [3.63, 3.8) is 0 Å². The van der Waals surface area contributed by atoms with Crippen LogP contribution in [0.5, 0.6) is 5.75 Å². The van der Waals surface area contributed by atoms with Gasteiger partial charge in [0.15, 0.2) is 0 Å². The number of nitrogens with one attached hydrogen (secondary N) is 1. The number of ether oxygens (including phenoxy) is 1. The molecule has 116 valence electrons. The Hall–Kier alpha value is -0.270. The smallest absolute Gasteiger partial charge is 0.220 e. The number of amides is 1. The monoisotopic (exact) mass is 445 g/mol. The standard InChI is InChI=1S/C14H15Cl2FINO2/c1-3-21-13-8(14(2,16)18)5-9(15)12(17)11(13)7-4-10(20)19-6-7/h5,7H,3-4,6H2,1-2H3,(H,19,20). The number of hydrogen-bond donors (Lipinski definition) is 1. The SMILES string of the molecule is CCOc1c(C(C)(Cl)I)cc(Cl)c(F)c1C1CNC(=O)C1. The highest BCUT2D eigenvalue weighted by atomic mass is 127. The highest BCUT2D eigenvalue weighted by molar-refractivity contribution is 14.1. The molecule has 1 aliphatic heterocycles. The molecule has 1 aromatic rings. The molecule has 1 aromatic carbocycles. The van der Waals surface area contributed by atoms with Crippen LogP contribution < -0.4 is 10.1 Å². The summed E-state index contributed by atoms with van der Waals surface area (Å²) < 4.78 is 19.4. The number of carbonyl (C=O) groups is 1. The van der Waals surface area contributed by atoms with Crippen molar-refractivity contribution in [2.75, 3.05) is 13.2 Å². The maximum absolute atomic E-state index is 14.5. The van der Waals surface area contributed by atoms with E-state index in [9.17, 15) is 9.18 Å². The van der Waals surface area contributed by atoms with E-state index in [1.807, 2.05) is 29.5 Å². The zero-order valence-corrected chi connectivity index (χ0v) is 15.3. The van der Waals surface area contributed by atoms with E-state index in [1.165, 1.54) is 6.07 Å². The Labute approximate surface area is 146 Å². The van der Waals surface area contributed by atoms with Crippen LogP contribution in [0.3, 0.4) is 0 Å². The summed E-state index contributed by atoms with van der Waals surface area (Å²) in [7, 11) is 0. The zero-order chi connectivity index (χ0) is 15.8. The number of alkyl halides is 2. The Balaban J connectivity index is 2.65. The minimum atomic E-state index is -0.787. The van der Waals surface area contributed by atoms with Crippen LogP contribution in [0.1, 0.15) is 37.3 Å². The number of carbonyl (C=O) groups excluding carboxylic acids is 1. The molecule has 1 fully saturated rings. The predicted molar refractivity (Wildman–Crippen MR) is 90.2 cm³/mol. The third-order valence-corrected chi connectivity index (χ3v) is 4.41. The van der Waals surface area contributed by atoms with Gasteiger partial charge in [-0.25, -0.2) is 4.39 Å². The van der Waals surface area contributed by atoms with Crippen LogP contribution in [0.2, 0.25) is 5.02 Å². The van der Waals surface area contributed by atoms with Crippen molar-refractivity contribution in [2.24, 2.45) is 0 Å². The van der Waals surface area contributed by atoms with Gasteiger partial charge in [-0.3, -0.25) is 4.79 Å². The molecule has 0 radical (unpaired) electrons. The second-order valence-corrected chi connectivity index (χ2v) is 8.95. The highest BCUT2D eigenvalue weighted by Gasteiger charge is 2.34. The fourth-order valence-electron chi connectivity index (χ4n) is 2.43. The van der Waals surface area contributed by atoms with E-state index in [1.54, 1.807) is 6.92 Å². The van der Waals surface area contributed by atoms with Crippen molar-refractivity contribution in [1.29, 1.82) is 0 Å². The molecule has 2 unspecified atom stereocenters. The lowest BCUT2D eigenvalue weighted by Crippen LogP contribution is -2.16. The molecule has 0 spiro atoms. The largest absolute Gasteiger partial charge is 0.493 e. The summed E-state index contributed by atoms with van der Waals surface area (Å²) in [6.45, 7) is 4.34. The van der Waals surface area contributed by atoms with E-state index in [2.05, 4.69) is 5.32 Å². The van der Waals surface area contributed by atoms with Gasteiger partial charge in [0, 0.05) is 30.0 Å². The van der Waals surface area contributed by atoms with Gasteiger partial charge in [-0.15, -0.1) is 11.6 Å². The Morgan fingerprint density at radius 1 is 1.62 bits per heavy atom. The lowest BCUT2D eigenvalue weighted by atomic mass is 9.93. The van der Waals surface area contributed by atoms with Crippen LogP contribution in [-0.2, 0) is 7.68 Å². The number of rotatable bonds is 4. The summed E-state index contributed by atoms with van der Waals surface area (Å²) in [6.07, 6.45) is 0.219. The molecular formula is C14H15Cl2FINO2. The molecule has 1 aliphatic rings. The van der Waals surface area contributed by atoms with Gasteiger partial charge in [0.05, 0.1) is 11.6 Å². The van der Waals surface area contributed by atoms with E-state index in [4.69, 9.17) is 27.9 Å². The van der Waals surface area contributed by atoms with Crippen LogP contribution in [-0.4, -0.2) is 19.1 Å². The molecule has 1 amide bonds. The molecule has 0 saturated carbocycles. The summed E-state index contributed by atoms with van der Waals surface area (Å²) >= 11 is 14.4. The van der Waals surface area contributed by atoms with E-state index >= 15 is 0 Å². The van der Waals surface area contributed by atoms with Crippen molar-refractivity contribution in [2.45, 2.75) is 29.1 Å². The average Bonchev–Trinajstić information content (AvgIpc) is 2.79. The highest BCUT2D eigenvalue weighted by Crippen LogP contribution is 2.47. The topological polar surface area (TPSA) is 38.3 Å². The van der Waals surface area contributed by atoms with Crippen molar-refractivity contribution < 1.29 is 13.9 Å². The van der Waals surface area contributed by atoms with Gasteiger partial charge in [-0.2, -0.15) is 0 Å². The zero-order valence-electron chi connectivity index (χ0n) is 11.6. The molecule has 1 heterocycles. The van der Waals surface area contributed by atoms with Crippen LogP contribution in [0.4, 0.5) is 4.39 Å². The van der Waals surface area contributed by atoms with Gasteiger partial charge < -0.3 is 10.1 Å². The third-order valence-electron chi connectivity index (χ3n) is 3.35. The van der Waals surface area contributed by atoms with E-state index in [0.29, 0.717) is 30.0 Å². The fourth-order valence-corrected chi connectivity index (χ4v) is 3.18. The summed E-state index contributed by atoms with van der Waals surface area (Å²) in [5, 5.41) is 2.70. The van der Waals surface area contributed by atoms with E-state index in [-0.39, 0.29) is 23.3 Å². The van der Waals surface area contributed by atoms with Gasteiger partial charge in [-0.1, -0.05) is 34.2 Å². The van der Waals surface area contributed by atoms with Crippen LogP contribution in [0, 0.1) is 5.82 Å². The molecular weight excluding hydrogens is 431 g/mol. The molecule has 0 aromatic heterocycles. The summed E-state index contributed by atoms with van der Waals surface area (Å²) in [5.74, 6) is -0.547. The van der Waals surface area contributed by atoms with Crippen LogP contribution in [0.25, 0.3) is 0 Å². The van der Waals surface area contributed by atoms with E-state index in [0.717, 1.165) is 0 Å². The number of hydrogen-bond acceptors (Lipinski definition) is 2. The maximum Gasteiger partial charge on any atom is 0.220 e. The van der Waals surface area contributed by atoms with Crippen molar-refractivity contribution in [1.82, 2.24) is 5.32 Å². The lowest BCUT2D eigenvalue weighted by molar-refractivity contribution is -0.119. The summed E-state index contributed by atoms with van der Waals surface area (Å²) in [4.78, 5) is 11.4. The van der Waals surface area contributed by atoms with Crippen molar-refractivity contribution >= 4 is 51.7 Å². The molecule has 0 bridgehead atoms. The molecule has 0 aliphatic carbocycles. The Kier molecular flexibility index (Phi) is 5.26. The van der Waals surface area contributed by atoms with Gasteiger partial charge in [0.25, 0.3) is 0 Å². The lowest BCUT2D eigenvalue weighted by Gasteiger charge is -2.24. The van der Waals surface area contributed by atoms with E-state index < -0.39 is 8.70 Å². The van der Waals surface area contributed by atoms with Crippen LogP contribution in [0.15, 0.2) is 6.07 Å². The van der Waals surface area contributed by atoms with Crippen molar-refractivity contribution in [3.05, 3.63) is 28.0 Å². The minimum Gasteiger partial charge on any atom is -0.493 e. The second kappa shape index (κ2) is 6.46. The predicted octanol–water partition coefficient (Wildman–Crippen LogP) is 4.33.